The zero-order valence-electron chi connectivity index (χ0n) is 9.60. The van der Waals surface area contributed by atoms with Gasteiger partial charge in [-0.25, -0.2) is 4.39 Å². The molecule has 1 fully saturated rings. The lowest BCUT2D eigenvalue weighted by atomic mass is 10.00. The van der Waals surface area contributed by atoms with Gasteiger partial charge in [-0.3, -0.25) is 11.3 Å². The fraction of sp³-hybridized carbons (Fsp3) is 0.500. The Hall–Kier alpha value is -1.14. The van der Waals surface area contributed by atoms with E-state index < -0.39 is 17.6 Å². The zero-order chi connectivity index (χ0) is 13.3. The molecule has 6 heteroatoms. The molecule has 1 aliphatic carbocycles. The SMILES string of the molecule is NNC(CC1CC1)c1ccc(C(F)(F)F)c(F)c1. The van der Waals surface area contributed by atoms with Crippen LogP contribution in [0.3, 0.4) is 0 Å². The molecule has 0 aliphatic heterocycles. The summed E-state index contributed by atoms with van der Waals surface area (Å²) in [6.45, 7) is 0. The van der Waals surface area contributed by atoms with E-state index in [1.165, 1.54) is 6.07 Å². The first kappa shape index (κ1) is 13.3. The molecule has 0 radical (unpaired) electrons. The fourth-order valence-electron chi connectivity index (χ4n) is 1.97. The van der Waals surface area contributed by atoms with Crippen molar-refractivity contribution in [3.8, 4) is 0 Å². The van der Waals surface area contributed by atoms with Gasteiger partial charge < -0.3 is 0 Å². The lowest BCUT2D eigenvalue weighted by molar-refractivity contribution is -0.140. The third kappa shape index (κ3) is 3.00. The van der Waals surface area contributed by atoms with E-state index in [0.29, 0.717) is 11.5 Å². The standard InChI is InChI=1S/C12H14F4N2/c13-10-6-8(3-4-9(10)12(14,15)16)11(18-17)5-7-1-2-7/h3-4,6-7,11,18H,1-2,5,17H2. The number of halogens is 4. The number of rotatable bonds is 4. The van der Waals surface area contributed by atoms with Crippen molar-refractivity contribution in [2.75, 3.05) is 0 Å². The van der Waals surface area contributed by atoms with Gasteiger partial charge in [0.2, 0.25) is 0 Å². The van der Waals surface area contributed by atoms with Gasteiger partial charge in [-0.15, -0.1) is 0 Å². The first-order chi connectivity index (χ1) is 8.41. The van der Waals surface area contributed by atoms with Crippen LogP contribution in [0.2, 0.25) is 0 Å². The van der Waals surface area contributed by atoms with E-state index in [1.54, 1.807) is 0 Å². The molecule has 100 valence electrons. The molecule has 0 saturated heterocycles. The van der Waals surface area contributed by atoms with Gasteiger partial charge in [-0.2, -0.15) is 13.2 Å². The summed E-state index contributed by atoms with van der Waals surface area (Å²) >= 11 is 0. The van der Waals surface area contributed by atoms with Crippen molar-refractivity contribution >= 4 is 0 Å². The molecule has 0 spiro atoms. The van der Waals surface area contributed by atoms with Crippen molar-refractivity contribution in [1.29, 1.82) is 0 Å². The van der Waals surface area contributed by atoms with E-state index >= 15 is 0 Å². The molecule has 3 N–H and O–H groups in total. The Morgan fingerprint density at radius 2 is 2.00 bits per heavy atom. The minimum atomic E-state index is -4.66. The highest BCUT2D eigenvalue weighted by molar-refractivity contribution is 5.28. The highest BCUT2D eigenvalue weighted by Gasteiger charge is 2.34. The Bertz CT molecular complexity index is 427. The second-order valence-corrected chi connectivity index (χ2v) is 4.64. The van der Waals surface area contributed by atoms with Gasteiger partial charge in [-0.1, -0.05) is 18.9 Å². The summed E-state index contributed by atoms with van der Waals surface area (Å²) in [5.74, 6) is 4.64. The summed E-state index contributed by atoms with van der Waals surface area (Å²) in [6.07, 6.45) is -1.74. The first-order valence-electron chi connectivity index (χ1n) is 5.74. The summed E-state index contributed by atoms with van der Waals surface area (Å²) in [4.78, 5) is 0. The normalized spacial score (nSPS) is 17.8. The molecule has 2 rings (SSSR count). The molecule has 1 aromatic carbocycles. The van der Waals surface area contributed by atoms with E-state index in [-0.39, 0.29) is 6.04 Å². The molecule has 1 saturated carbocycles. The largest absolute Gasteiger partial charge is 0.419 e. The number of nitrogens with two attached hydrogens (primary N) is 1. The summed E-state index contributed by atoms with van der Waals surface area (Å²) in [5, 5.41) is 0. The van der Waals surface area contributed by atoms with Crippen molar-refractivity contribution in [3.05, 3.63) is 35.1 Å². The van der Waals surface area contributed by atoms with Crippen molar-refractivity contribution < 1.29 is 17.6 Å². The maximum absolute atomic E-state index is 13.4. The van der Waals surface area contributed by atoms with Gasteiger partial charge in [0, 0.05) is 6.04 Å². The predicted octanol–water partition coefficient (Wildman–Crippen LogP) is 3.15. The Morgan fingerprint density at radius 1 is 1.33 bits per heavy atom. The van der Waals surface area contributed by atoms with Gasteiger partial charge in [0.25, 0.3) is 0 Å². The molecular formula is C12H14F4N2. The van der Waals surface area contributed by atoms with E-state index in [4.69, 9.17) is 5.84 Å². The van der Waals surface area contributed by atoms with Gasteiger partial charge in [0.15, 0.2) is 0 Å². The smallest absolute Gasteiger partial charge is 0.271 e. The number of benzene rings is 1. The molecule has 0 amide bonds. The Labute approximate surface area is 102 Å². The van der Waals surface area contributed by atoms with Crippen LogP contribution in [0.25, 0.3) is 0 Å². The third-order valence-corrected chi connectivity index (χ3v) is 3.17. The summed E-state index contributed by atoms with van der Waals surface area (Å²) in [6, 6.07) is 2.66. The van der Waals surface area contributed by atoms with E-state index in [0.717, 1.165) is 31.4 Å². The topological polar surface area (TPSA) is 38.0 Å². The van der Waals surface area contributed by atoms with Crippen LogP contribution in [-0.2, 0) is 6.18 Å². The van der Waals surface area contributed by atoms with Crippen molar-refractivity contribution in [2.24, 2.45) is 11.8 Å². The molecule has 1 atom stereocenters. The molecular weight excluding hydrogens is 248 g/mol. The highest BCUT2D eigenvalue weighted by Crippen LogP contribution is 2.38. The van der Waals surface area contributed by atoms with Crippen LogP contribution in [0.4, 0.5) is 17.6 Å². The number of hydrazine groups is 1. The molecule has 0 heterocycles. The van der Waals surface area contributed by atoms with Crippen LogP contribution in [0.5, 0.6) is 0 Å². The lowest BCUT2D eigenvalue weighted by Gasteiger charge is -2.17. The minimum absolute atomic E-state index is 0.297. The monoisotopic (exact) mass is 262 g/mol. The Balaban J connectivity index is 2.20. The number of nitrogens with one attached hydrogen (secondary N) is 1. The molecule has 1 aliphatic rings. The van der Waals surface area contributed by atoms with Gasteiger partial charge in [-0.05, 0) is 30.0 Å². The average Bonchev–Trinajstić information content (AvgIpc) is 3.07. The van der Waals surface area contributed by atoms with E-state index in [1.807, 2.05) is 0 Å². The molecule has 0 bridgehead atoms. The number of alkyl halides is 3. The quantitative estimate of drug-likeness (QED) is 0.497. The Kier molecular flexibility index (Phi) is 3.59. The maximum atomic E-state index is 13.4. The van der Waals surface area contributed by atoms with Crippen LogP contribution >= 0.6 is 0 Å². The number of hydrogen-bond acceptors (Lipinski definition) is 2. The van der Waals surface area contributed by atoms with Crippen LogP contribution < -0.4 is 11.3 Å². The summed E-state index contributed by atoms with van der Waals surface area (Å²) < 4.78 is 50.6. The van der Waals surface area contributed by atoms with Gasteiger partial charge >= 0.3 is 6.18 Å². The van der Waals surface area contributed by atoms with Crippen LogP contribution in [-0.4, -0.2) is 0 Å². The van der Waals surface area contributed by atoms with E-state index in [2.05, 4.69) is 5.43 Å². The lowest BCUT2D eigenvalue weighted by Crippen LogP contribution is -2.28. The Morgan fingerprint density at radius 3 is 2.44 bits per heavy atom. The van der Waals surface area contributed by atoms with Crippen molar-refractivity contribution in [3.63, 3.8) is 0 Å². The molecule has 0 aromatic heterocycles. The summed E-state index contributed by atoms with van der Waals surface area (Å²) in [7, 11) is 0. The predicted molar refractivity (Wildman–Crippen MR) is 58.8 cm³/mol. The molecule has 2 nitrogen and oxygen atoms in total. The second kappa shape index (κ2) is 4.85. The minimum Gasteiger partial charge on any atom is -0.271 e. The van der Waals surface area contributed by atoms with Crippen molar-refractivity contribution in [1.82, 2.24) is 5.43 Å². The third-order valence-electron chi connectivity index (χ3n) is 3.17. The molecule has 1 unspecified atom stereocenters. The maximum Gasteiger partial charge on any atom is 0.419 e. The average molecular weight is 262 g/mol. The van der Waals surface area contributed by atoms with Gasteiger partial charge in [0.05, 0.1) is 5.56 Å². The fourth-order valence-corrected chi connectivity index (χ4v) is 1.97. The highest BCUT2D eigenvalue weighted by atomic mass is 19.4. The van der Waals surface area contributed by atoms with Gasteiger partial charge in [0.1, 0.15) is 5.82 Å². The second-order valence-electron chi connectivity index (χ2n) is 4.64. The van der Waals surface area contributed by atoms with E-state index in [9.17, 15) is 17.6 Å². The first-order valence-corrected chi connectivity index (χ1v) is 5.74. The van der Waals surface area contributed by atoms with Crippen LogP contribution in [0.15, 0.2) is 18.2 Å². The zero-order valence-corrected chi connectivity index (χ0v) is 9.60. The summed E-state index contributed by atoms with van der Waals surface area (Å²) in [5.41, 5.74) is 1.74. The van der Waals surface area contributed by atoms with Crippen molar-refractivity contribution in [2.45, 2.75) is 31.5 Å². The van der Waals surface area contributed by atoms with Crippen LogP contribution in [0.1, 0.15) is 36.4 Å². The number of hydrogen-bond donors (Lipinski definition) is 2. The van der Waals surface area contributed by atoms with Crippen LogP contribution in [0, 0.1) is 11.7 Å². The molecule has 1 aromatic rings. The molecule has 18 heavy (non-hydrogen) atoms.